The van der Waals surface area contributed by atoms with Gasteiger partial charge in [-0.05, 0) is 35.9 Å². The van der Waals surface area contributed by atoms with Gasteiger partial charge in [-0.2, -0.15) is 18.3 Å². The van der Waals surface area contributed by atoms with Crippen LogP contribution in [0, 0.1) is 6.92 Å². The Morgan fingerprint density at radius 1 is 0.969 bits per heavy atom. The Hall–Kier alpha value is -2.08. The number of alkyl halides is 3. The van der Waals surface area contributed by atoms with Crippen LogP contribution >= 0.6 is 34.0 Å². The summed E-state index contributed by atoms with van der Waals surface area (Å²) in [7, 11) is 0. The minimum absolute atomic E-state index is 0. The average molecular weight is 556 g/mol. The van der Waals surface area contributed by atoms with E-state index in [9.17, 15) is 13.2 Å². The van der Waals surface area contributed by atoms with Gasteiger partial charge in [-0.3, -0.25) is 0 Å². The van der Waals surface area contributed by atoms with E-state index < -0.39 is 11.7 Å². The summed E-state index contributed by atoms with van der Waals surface area (Å²) in [6, 6.07) is 8.69. The molecule has 5 heterocycles. The second-order valence-electron chi connectivity index (χ2n) is 6.89. The number of halogens is 4. The summed E-state index contributed by atoms with van der Waals surface area (Å²) in [5, 5.41) is 11.2. The summed E-state index contributed by atoms with van der Waals surface area (Å²) in [6.07, 6.45) is -3.92. The van der Waals surface area contributed by atoms with Crippen molar-refractivity contribution in [2.24, 2.45) is 0 Å². The monoisotopic (exact) mass is 555 g/mol. The van der Waals surface area contributed by atoms with Crippen molar-refractivity contribution < 1.29 is 30.2 Å². The Morgan fingerprint density at radius 2 is 1.66 bits per heavy atom. The highest BCUT2D eigenvalue weighted by atomic mass is 79.9. The van der Waals surface area contributed by atoms with Crippen LogP contribution in [0.2, 0.25) is 0 Å². The zero-order valence-electron chi connectivity index (χ0n) is 16.6. The minimum atomic E-state index is -4.49. The molecule has 0 radical (unpaired) electrons. The molecular formula is C21H15BrF3N4S3-. The van der Waals surface area contributed by atoms with Gasteiger partial charge in [0.2, 0.25) is 0 Å². The first-order valence-electron chi connectivity index (χ1n) is 9.37. The van der Waals surface area contributed by atoms with Crippen LogP contribution in [-0.4, -0.2) is 19.7 Å². The highest BCUT2D eigenvalue weighted by Crippen LogP contribution is 2.39. The van der Waals surface area contributed by atoms with Crippen LogP contribution < -0.4 is 17.0 Å². The molecule has 0 fully saturated rings. The van der Waals surface area contributed by atoms with Crippen molar-refractivity contribution in [1.29, 1.82) is 0 Å². The van der Waals surface area contributed by atoms with Crippen molar-refractivity contribution >= 4 is 45.0 Å². The molecule has 5 rings (SSSR count). The molecule has 32 heavy (non-hydrogen) atoms. The third-order valence-electron chi connectivity index (χ3n) is 4.82. The highest BCUT2D eigenvalue weighted by Gasteiger charge is 2.35. The predicted octanol–water partition coefficient (Wildman–Crippen LogP) is 3.92. The molecule has 5 aromatic heterocycles. The first-order valence-corrected chi connectivity index (χ1v) is 12.0. The van der Waals surface area contributed by atoms with E-state index in [0.717, 1.165) is 21.6 Å². The SMILES string of the molecule is Cc1nn(CCc2nc(-c3cccs3)cs2)c2nc(-c3cccs3)cc(C(F)(F)F)c12.[Br-]. The van der Waals surface area contributed by atoms with E-state index in [1.54, 1.807) is 46.4 Å². The smallest absolute Gasteiger partial charge is 0.417 e. The van der Waals surface area contributed by atoms with Gasteiger partial charge in [0, 0.05) is 18.3 Å². The normalized spacial score (nSPS) is 11.8. The van der Waals surface area contributed by atoms with E-state index in [1.165, 1.54) is 11.3 Å². The van der Waals surface area contributed by atoms with Crippen molar-refractivity contribution in [2.45, 2.75) is 26.1 Å². The van der Waals surface area contributed by atoms with E-state index in [1.807, 2.05) is 28.3 Å². The van der Waals surface area contributed by atoms with Gasteiger partial charge >= 0.3 is 6.18 Å². The van der Waals surface area contributed by atoms with Gasteiger partial charge in [-0.1, -0.05) is 12.1 Å². The second-order valence-corrected chi connectivity index (χ2v) is 9.73. The van der Waals surface area contributed by atoms with Crippen molar-refractivity contribution in [3.8, 4) is 21.1 Å². The Kier molecular flexibility index (Phi) is 6.53. The van der Waals surface area contributed by atoms with Crippen molar-refractivity contribution in [3.63, 3.8) is 0 Å². The number of rotatable bonds is 5. The van der Waals surface area contributed by atoms with Gasteiger partial charge in [0.05, 0.1) is 42.8 Å². The quantitative estimate of drug-likeness (QED) is 0.330. The topological polar surface area (TPSA) is 43.6 Å². The summed E-state index contributed by atoms with van der Waals surface area (Å²) in [5.41, 5.74) is 1.12. The first kappa shape index (κ1) is 23.1. The molecular weight excluding hydrogens is 541 g/mol. The lowest BCUT2D eigenvalue weighted by Crippen LogP contribution is -3.00. The molecule has 0 bridgehead atoms. The molecule has 11 heteroatoms. The molecule has 0 N–H and O–H groups in total. The minimum Gasteiger partial charge on any atom is -1.00 e. The number of hydrogen-bond donors (Lipinski definition) is 0. The third-order valence-corrected chi connectivity index (χ3v) is 7.51. The number of pyridine rings is 1. The van der Waals surface area contributed by atoms with Crippen LogP contribution in [0.1, 0.15) is 16.3 Å². The zero-order valence-corrected chi connectivity index (χ0v) is 20.6. The van der Waals surface area contributed by atoms with Gasteiger partial charge in [0.1, 0.15) is 0 Å². The molecule has 0 aliphatic heterocycles. The number of hydrogen-bond acceptors (Lipinski definition) is 6. The average Bonchev–Trinajstić information content (AvgIpc) is 3.52. The Morgan fingerprint density at radius 3 is 2.28 bits per heavy atom. The lowest BCUT2D eigenvalue weighted by Gasteiger charge is -2.11. The lowest BCUT2D eigenvalue weighted by atomic mass is 10.1. The Labute approximate surface area is 204 Å². The first-order chi connectivity index (χ1) is 14.9. The van der Waals surface area contributed by atoms with Gasteiger partial charge in [-0.15, -0.1) is 34.0 Å². The van der Waals surface area contributed by atoms with Gasteiger partial charge in [0.15, 0.2) is 5.65 Å². The molecule has 0 saturated heterocycles. The van der Waals surface area contributed by atoms with Crippen molar-refractivity contribution in [3.05, 3.63) is 62.7 Å². The van der Waals surface area contributed by atoms with Gasteiger partial charge in [-0.25, -0.2) is 14.6 Å². The standard InChI is InChI=1S/C21H15F3N4S3.BrH/c1-12-19-13(21(22,23)24)10-14(16-4-2-8-29-16)26-20(19)28(27-12)7-6-18-25-15(11-31-18)17-5-3-9-30-17;/h2-5,8-11H,6-7H2,1H3;1H/p-1. The summed E-state index contributed by atoms with van der Waals surface area (Å²) < 4.78 is 43.1. The van der Waals surface area contributed by atoms with Crippen molar-refractivity contribution in [1.82, 2.24) is 19.7 Å². The van der Waals surface area contributed by atoms with E-state index in [4.69, 9.17) is 0 Å². The van der Waals surface area contributed by atoms with Crippen LogP contribution in [-0.2, 0) is 19.1 Å². The number of fused-ring (bicyclic) bond motifs is 1. The molecule has 0 aliphatic carbocycles. The number of nitrogens with zero attached hydrogens (tertiary/aromatic N) is 4. The van der Waals surface area contributed by atoms with Crippen LogP contribution in [0.4, 0.5) is 13.2 Å². The van der Waals surface area contributed by atoms with Crippen molar-refractivity contribution in [2.75, 3.05) is 0 Å². The maximum absolute atomic E-state index is 13.8. The molecule has 4 nitrogen and oxygen atoms in total. The second kappa shape index (κ2) is 9.05. The molecule has 0 atom stereocenters. The molecule has 0 spiro atoms. The molecule has 0 saturated carbocycles. The number of aryl methyl sites for hydroxylation is 3. The molecule has 0 aromatic carbocycles. The molecule has 0 aliphatic rings. The van der Waals surface area contributed by atoms with Gasteiger partial charge in [0.25, 0.3) is 0 Å². The van der Waals surface area contributed by atoms with E-state index in [-0.39, 0.29) is 28.0 Å². The molecule has 5 aromatic rings. The molecule has 0 unspecified atom stereocenters. The fraction of sp³-hybridized carbons (Fsp3) is 0.190. The summed E-state index contributed by atoms with van der Waals surface area (Å²) in [5.74, 6) is 0. The number of aromatic nitrogens is 4. The van der Waals surface area contributed by atoms with E-state index in [0.29, 0.717) is 29.2 Å². The maximum Gasteiger partial charge on any atom is 0.417 e. The number of thiazole rings is 1. The Balaban J connectivity index is 0.00000245. The van der Waals surface area contributed by atoms with Crippen LogP contribution in [0.3, 0.4) is 0 Å². The Bertz CT molecular complexity index is 1340. The van der Waals surface area contributed by atoms with Crippen LogP contribution in [0.15, 0.2) is 46.5 Å². The van der Waals surface area contributed by atoms with Crippen LogP contribution in [0.5, 0.6) is 0 Å². The molecule has 166 valence electrons. The molecule has 0 amide bonds. The summed E-state index contributed by atoms with van der Waals surface area (Å²) >= 11 is 4.53. The lowest BCUT2D eigenvalue weighted by molar-refractivity contribution is -0.136. The summed E-state index contributed by atoms with van der Waals surface area (Å²) in [6.45, 7) is 2.00. The largest absolute Gasteiger partial charge is 1.00 e. The third kappa shape index (κ3) is 4.39. The fourth-order valence-corrected chi connectivity index (χ4v) is 5.68. The fourth-order valence-electron chi connectivity index (χ4n) is 3.45. The summed E-state index contributed by atoms with van der Waals surface area (Å²) in [4.78, 5) is 11.0. The zero-order chi connectivity index (χ0) is 21.6. The van der Waals surface area contributed by atoms with Crippen LogP contribution in [0.25, 0.3) is 32.2 Å². The van der Waals surface area contributed by atoms with E-state index >= 15 is 0 Å². The van der Waals surface area contributed by atoms with E-state index in [2.05, 4.69) is 15.1 Å². The highest BCUT2D eigenvalue weighted by molar-refractivity contribution is 7.14. The van der Waals surface area contributed by atoms with Gasteiger partial charge < -0.3 is 17.0 Å². The predicted molar refractivity (Wildman–Crippen MR) is 120 cm³/mol. The number of thiophene rings is 2. The maximum atomic E-state index is 13.8.